The number of carbonyl (C=O) groups is 1. The number of hydrogen-bond acceptors (Lipinski definition) is 6. The predicted octanol–water partition coefficient (Wildman–Crippen LogP) is 3.07. The number of benzene rings is 2. The van der Waals surface area contributed by atoms with Gasteiger partial charge in [0.2, 0.25) is 5.91 Å². The minimum Gasteiger partial charge on any atom is -0.497 e. The number of nitrogens with one attached hydrogen (secondary N) is 1. The van der Waals surface area contributed by atoms with Gasteiger partial charge in [-0.1, -0.05) is 12.1 Å². The molecule has 0 fully saturated rings. The Bertz CT molecular complexity index is 1440. The standard InChI is InChI=1S/C23H20FN3O5S/c1-31-16-7-8-19(32-2)17(11-16)25-20(28)13-26-18-9-10-33-21(18)22(29)27(23(26)30)12-14-3-5-15(24)6-4-14/h3-11H,12-13H2,1-2H3,(H,25,28). The van der Waals surface area contributed by atoms with Crippen molar-refractivity contribution in [2.75, 3.05) is 19.5 Å². The number of rotatable bonds is 7. The summed E-state index contributed by atoms with van der Waals surface area (Å²) >= 11 is 1.18. The minimum atomic E-state index is -0.636. The Labute approximate surface area is 191 Å². The Kier molecular flexibility index (Phi) is 6.27. The van der Waals surface area contributed by atoms with E-state index in [1.807, 2.05) is 0 Å². The molecule has 0 aliphatic carbocycles. The fourth-order valence-electron chi connectivity index (χ4n) is 3.44. The average molecular weight is 469 g/mol. The first-order valence-electron chi connectivity index (χ1n) is 9.88. The van der Waals surface area contributed by atoms with Crippen molar-refractivity contribution in [3.63, 3.8) is 0 Å². The van der Waals surface area contributed by atoms with Gasteiger partial charge in [0.05, 0.1) is 32.0 Å². The van der Waals surface area contributed by atoms with Crippen LogP contribution in [-0.4, -0.2) is 29.3 Å². The van der Waals surface area contributed by atoms with Crippen molar-refractivity contribution in [3.05, 3.63) is 86.1 Å². The zero-order chi connectivity index (χ0) is 23.5. The van der Waals surface area contributed by atoms with E-state index in [1.165, 1.54) is 54.4 Å². The lowest BCUT2D eigenvalue weighted by atomic mass is 10.2. The van der Waals surface area contributed by atoms with Crippen LogP contribution in [0.3, 0.4) is 0 Å². The van der Waals surface area contributed by atoms with Crippen LogP contribution >= 0.6 is 11.3 Å². The molecule has 0 aliphatic rings. The van der Waals surface area contributed by atoms with E-state index in [0.717, 1.165) is 4.57 Å². The van der Waals surface area contributed by atoms with E-state index in [4.69, 9.17) is 9.47 Å². The molecule has 2 heterocycles. The fourth-order valence-corrected chi connectivity index (χ4v) is 4.29. The molecule has 0 radical (unpaired) electrons. The molecule has 2 aromatic carbocycles. The molecule has 8 nitrogen and oxygen atoms in total. The van der Waals surface area contributed by atoms with Gasteiger partial charge in [0, 0.05) is 6.07 Å². The summed E-state index contributed by atoms with van der Waals surface area (Å²) in [6, 6.07) is 12.1. The Morgan fingerprint density at radius 2 is 1.79 bits per heavy atom. The van der Waals surface area contributed by atoms with Gasteiger partial charge < -0.3 is 14.8 Å². The van der Waals surface area contributed by atoms with Gasteiger partial charge in [-0.2, -0.15) is 0 Å². The lowest BCUT2D eigenvalue weighted by Gasteiger charge is -2.14. The van der Waals surface area contributed by atoms with E-state index in [9.17, 15) is 18.8 Å². The summed E-state index contributed by atoms with van der Waals surface area (Å²) in [4.78, 5) is 39.0. The molecule has 0 aliphatic heterocycles. The van der Waals surface area contributed by atoms with Crippen LogP contribution in [0, 0.1) is 5.82 Å². The predicted molar refractivity (Wildman–Crippen MR) is 124 cm³/mol. The summed E-state index contributed by atoms with van der Waals surface area (Å²) in [5, 5.41) is 4.42. The highest BCUT2D eigenvalue weighted by Crippen LogP contribution is 2.29. The molecule has 4 aromatic rings. The van der Waals surface area contributed by atoms with Crippen molar-refractivity contribution < 1.29 is 18.7 Å². The van der Waals surface area contributed by atoms with Gasteiger partial charge in [0.1, 0.15) is 28.6 Å². The van der Waals surface area contributed by atoms with Crippen LogP contribution in [0.4, 0.5) is 10.1 Å². The molecule has 0 bridgehead atoms. The maximum atomic E-state index is 13.2. The summed E-state index contributed by atoms with van der Waals surface area (Å²) < 4.78 is 26.4. The Morgan fingerprint density at radius 1 is 1.03 bits per heavy atom. The molecular formula is C23H20FN3O5S. The number of nitrogens with zero attached hydrogens (tertiary/aromatic N) is 2. The maximum absolute atomic E-state index is 13.2. The van der Waals surface area contributed by atoms with Gasteiger partial charge in [-0.15, -0.1) is 11.3 Å². The minimum absolute atomic E-state index is 0.0445. The van der Waals surface area contributed by atoms with E-state index in [0.29, 0.717) is 33.0 Å². The van der Waals surface area contributed by atoms with Gasteiger partial charge in [-0.05, 0) is 41.3 Å². The number of amides is 1. The third-order valence-corrected chi connectivity index (χ3v) is 5.96. The van der Waals surface area contributed by atoms with Crippen LogP contribution in [-0.2, 0) is 17.9 Å². The molecule has 10 heteroatoms. The molecule has 1 amide bonds. The van der Waals surface area contributed by atoms with E-state index in [1.54, 1.807) is 29.6 Å². The van der Waals surface area contributed by atoms with Gasteiger partial charge in [-0.3, -0.25) is 18.7 Å². The van der Waals surface area contributed by atoms with Crippen molar-refractivity contribution in [1.29, 1.82) is 0 Å². The van der Waals surface area contributed by atoms with Crippen LogP contribution in [0.5, 0.6) is 11.5 Å². The highest BCUT2D eigenvalue weighted by molar-refractivity contribution is 7.17. The average Bonchev–Trinajstić information content (AvgIpc) is 3.31. The molecule has 33 heavy (non-hydrogen) atoms. The highest BCUT2D eigenvalue weighted by Gasteiger charge is 2.18. The van der Waals surface area contributed by atoms with E-state index >= 15 is 0 Å². The van der Waals surface area contributed by atoms with Crippen LogP contribution < -0.4 is 26.0 Å². The zero-order valence-corrected chi connectivity index (χ0v) is 18.6. The largest absolute Gasteiger partial charge is 0.497 e. The van der Waals surface area contributed by atoms with Crippen LogP contribution in [0.15, 0.2) is 63.5 Å². The molecule has 4 rings (SSSR count). The maximum Gasteiger partial charge on any atom is 0.332 e. The Balaban J connectivity index is 1.70. The third kappa shape index (κ3) is 4.51. The number of halogens is 1. The molecule has 1 N–H and O–H groups in total. The summed E-state index contributed by atoms with van der Waals surface area (Å²) in [5.41, 5.74) is 0.251. The number of carbonyl (C=O) groups excluding carboxylic acids is 1. The number of anilines is 1. The smallest absolute Gasteiger partial charge is 0.332 e. The quantitative estimate of drug-likeness (QED) is 0.449. The number of ether oxygens (including phenoxy) is 2. The third-order valence-electron chi connectivity index (χ3n) is 5.07. The first-order chi connectivity index (χ1) is 15.9. The first kappa shape index (κ1) is 22.3. The molecule has 0 saturated heterocycles. The molecular weight excluding hydrogens is 449 g/mol. The fraction of sp³-hybridized carbons (Fsp3) is 0.174. The second-order valence-electron chi connectivity index (χ2n) is 7.14. The number of aromatic nitrogens is 2. The van der Waals surface area contributed by atoms with E-state index in [-0.39, 0.29) is 13.1 Å². The summed E-state index contributed by atoms with van der Waals surface area (Å²) in [5.74, 6) is 0.0554. The molecule has 170 valence electrons. The lowest BCUT2D eigenvalue weighted by molar-refractivity contribution is -0.116. The zero-order valence-electron chi connectivity index (χ0n) is 17.8. The molecule has 2 aromatic heterocycles. The van der Waals surface area contributed by atoms with Crippen LogP contribution in [0.2, 0.25) is 0 Å². The number of fused-ring (bicyclic) bond motifs is 1. The van der Waals surface area contributed by atoms with Crippen LogP contribution in [0.1, 0.15) is 5.56 Å². The summed E-state index contributed by atoms with van der Waals surface area (Å²) in [6.45, 7) is -0.368. The van der Waals surface area contributed by atoms with Gasteiger partial charge >= 0.3 is 5.69 Å². The number of methoxy groups -OCH3 is 2. The molecule has 0 atom stereocenters. The molecule has 0 unspecified atom stereocenters. The van der Waals surface area contributed by atoms with Crippen molar-refractivity contribution in [2.24, 2.45) is 0 Å². The SMILES string of the molecule is COc1ccc(OC)c(NC(=O)Cn2c(=O)n(Cc3ccc(F)cc3)c(=O)c3sccc32)c1. The van der Waals surface area contributed by atoms with Crippen molar-refractivity contribution >= 4 is 33.1 Å². The number of hydrogen-bond donors (Lipinski definition) is 1. The summed E-state index contributed by atoms with van der Waals surface area (Å²) in [6.07, 6.45) is 0. The topological polar surface area (TPSA) is 91.6 Å². The highest BCUT2D eigenvalue weighted by atomic mass is 32.1. The normalized spacial score (nSPS) is 10.9. The Hall–Kier alpha value is -3.92. The van der Waals surface area contributed by atoms with Gasteiger partial charge in [0.25, 0.3) is 5.56 Å². The van der Waals surface area contributed by atoms with E-state index < -0.39 is 23.0 Å². The number of thiophene rings is 1. The monoisotopic (exact) mass is 469 g/mol. The van der Waals surface area contributed by atoms with E-state index in [2.05, 4.69) is 5.32 Å². The van der Waals surface area contributed by atoms with Crippen LogP contribution in [0.25, 0.3) is 10.2 Å². The first-order valence-corrected chi connectivity index (χ1v) is 10.8. The van der Waals surface area contributed by atoms with Crippen molar-refractivity contribution in [3.8, 4) is 11.5 Å². The van der Waals surface area contributed by atoms with Gasteiger partial charge in [0.15, 0.2) is 0 Å². The van der Waals surface area contributed by atoms with Crippen molar-refractivity contribution in [2.45, 2.75) is 13.1 Å². The summed E-state index contributed by atoms with van der Waals surface area (Å²) in [7, 11) is 2.98. The van der Waals surface area contributed by atoms with Gasteiger partial charge in [-0.25, -0.2) is 9.18 Å². The molecule has 0 spiro atoms. The van der Waals surface area contributed by atoms with Crippen molar-refractivity contribution in [1.82, 2.24) is 9.13 Å². The second-order valence-corrected chi connectivity index (χ2v) is 8.05. The Morgan fingerprint density at radius 3 is 2.48 bits per heavy atom. The lowest BCUT2D eigenvalue weighted by Crippen LogP contribution is -2.41. The second kappa shape index (κ2) is 9.29. The molecule has 0 saturated carbocycles.